The lowest BCUT2D eigenvalue weighted by Gasteiger charge is -2.09. The molecule has 4 nitrogen and oxygen atoms in total. The fourth-order valence-corrected chi connectivity index (χ4v) is 2.85. The number of hydrogen-bond acceptors (Lipinski definition) is 4. The number of carbonyl (C=O) groups is 1. The maximum absolute atomic E-state index is 12.3. The van der Waals surface area contributed by atoms with Crippen LogP contribution in [0.1, 0.15) is 40.7 Å². The summed E-state index contributed by atoms with van der Waals surface area (Å²) in [5.41, 5.74) is 2.87. The van der Waals surface area contributed by atoms with Gasteiger partial charge in [0.1, 0.15) is 4.88 Å². The van der Waals surface area contributed by atoms with Crippen LogP contribution >= 0.6 is 11.3 Å². The summed E-state index contributed by atoms with van der Waals surface area (Å²) in [7, 11) is 0. The zero-order chi connectivity index (χ0) is 16.4. The van der Waals surface area contributed by atoms with E-state index in [0.29, 0.717) is 10.8 Å². The molecule has 3 aromatic rings. The Morgan fingerprint density at radius 2 is 2.00 bits per heavy atom. The van der Waals surface area contributed by atoms with Crippen molar-refractivity contribution in [3.63, 3.8) is 0 Å². The molecule has 0 bridgehead atoms. The lowest BCUT2D eigenvalue weighted by Crippen LogP contribution is -2.11. The van der Waals surface area contributed by atoms with Gasteiger partial charge in [0.05, 0.1) is 11.4 Å². The Labute approximate surface area is 139 Å². The highest BCUT2D eigenvalue weighted by Crippen LogP contribution is 2.26. The van der Waals surface area contributed by atoms with Crippen molar-refractivity contribution in [1.82, 2.24) is 9.78 Å². The van der Waals surface area contributed by atoms with Gasteiger partial charge >= 0.3 is 5.97 Å². The van der Waals surface area contributed by atoms with E-state index in [9.17, 15) is 4.79 Å². The standard InChI is InChI=1S/C18H18N2O2S/c1-12(2)14-11-17(22-18(21)16-9-6-10-23-16)20(19-14)15-8-5-4-7-13(15)3/h4-12H,1-3H3. The number of aryl methyl sites for hydroxylation is 1. The van der Waals surface area contributed by atoms with Crippen LogP contribution in [-0.4, -0.2) is 15.7 Å². The average molecular weight is 326 g/mol. The number of rotatable bonds is 4. The van der Waals surface area contributed by atoms with Gasteiger partial charge in [0, 0.05) is 6.07 Å². The first-order valence-corrected chi connectivity index (χ1v) is 8.36. The highest BCUT2D eigenvalue weighted by molar-refractivity contribution is 7.12. The van der Waals surface area contributed by atoms with E-state index in [4.69, 9.17) is 4.74 Å². The summed E-state index contributed by atoms with van der Waals surface area (Å²) in [5.74, 6) is 0.339. The van der Waals surface area contributed by atoms with E-state index in [1.807, 2.05) is 48.7 Å². The summed E-state index contributed by atoms with van der Waals surface area (Å²) in [6.07, 6.45) is 0. The number of ether oxygens (including phenoxy) is 1. The van der Waals surface area contributed by atoms with Crippen LogP contribution in [0.25, 0.3) is 5.69 Å². The lowest BCUT2D eigenvalue weighted by atomic mass is 10.1. The molecule has 23 heavy (non-hydrogen) atoms. The van der Waals surface area contributed by atoms with Crippen LogP contribution in [0.4, 0.5) is 0 Å². The molecule has 0 spiro atoms. The number of thiophene rings is 1. The summed E-state index contributed by atoms with van der Waals surface area (Å²) in [6, 6.07) is 13.3. The van der Waals surface area contributed by atoms with E-state index >= 15 is 0 Å². The van der Waals surface area contributed by atoms with Gasteiger partial charge in [-0.25, -0.2) is 9.48 Å². The Kier molecular flexibility index (Phi) is 4.30. The van der Waals surface area contributed by atoms with Gasteiger partial charge in [-0.15, -0.1) is 11.3 Å². The van der Waals surface area contributed by atoms with Crippen LogP contribution in [0.3, 0.4) is 0 Å². The molecule has 0 saturated carbocycles. The highest BCUT2D eigenvalue weighted by Gasteiger charge is 2.18. The monoisotopic (exact) mass is 326 g/mol. The maximum Gasteiger partial charge on any atom is 0.355 e. The van der Waals surface area contributed by atoms with E-state index in [0.717, 1.165) is 16.9 Å². The fraction of sp³-hybridized carbons (Fsp3) is 0.222. The van der Waals surface area contributed by atoms with E-state index in [1.165, 1.54) is 11.3 Å². The van der Waals surface area contributed by atoms with Gasteiger partial charge in [0.15, 0.2) is 0 Å². The Morgan fingerprint density at radius 3 is 2.65 bits per heavy atom. The van der Waals surface area contributed by atoms with Crippen LogP contribution in [0.2, 0.25) is 0 Å². The Morgan fingerprint density at radius 1 is 1.22 bits per heavy atom. The van der Waals surface area contributed by atoms with Crippen molar-refractivity contribution in [3.05, 3.63) is 64.0 Å². The highest BCUT2D eigenvalue weighted by atomic mass is 32.1. The molecule has 118 valence electrons. The Balaban J connectivity index is 2.02. The summed E-state index contributed by atoms with van der Waals surface area (Å²) >= 11 is 1.36. The molecule has 1 aromatic carbocycles. The molecular formula is C18H18N2O2S. The van der Waals surface area contributed by atoms with Crippen molar-refractivity contribution >= 4 is 17.3 Å². The molecule has 0 aliphatic rings. The zero-order valence-corrected chi connectivity index (χ0v) is 14.1. The molecule has 0 amide bonds. The van der Waals surface area contributed by atoms with Gasteiger partial charge in [0.2, 0.25) is 5.88 Å². The SMILES string of the molecule is Cc1ccccc1-n1nc(C(C)C)cc1OC(=O)c1cccs1. The molecule has 2 heterocycles. The molecule has 0 aliphatic heterocycles. The minimum atomic E-state index is -0.356. The van der Waals surface area contributed by atoms with E-state index in [-0.39, 0.29) is 11.9 Å². The first-order chi connectivity index (χ1) is 11.1. The lowest BCUT2D eigenvalue weighted by molar-refractivity contribution is 0.0728. The minimum absolute atomic E-state index is 0.249. The number of carbonyl (C=O) groups excluding carboxylic acids is 1. The summed E-state index contributed by atoms with van der Waals surface area (Å²) in [6.45, 7) is 6.14. The first-order valence-electron chi connectivity index (χ1n) is 7.48. The largest absolute Gasteiger partial charge is 0.403 e. The van der Waals surface area contributed by atoms with Crippen LogP contribution in [0.5, 0.6) is 5.88 Å². The van der Waals surface area contributed by atoms with Gasteiger partial charge in [0.25, 0.3) is 0 Å². The van der Waals surface area contributed by atoms with Crippen molar-refractivity contribution in [1.29, 1.82) is 0 Å². The van der Waals surface area contributed by atoms with Gasteiger partial charge in [-0.1, -0.05) is 38.1 Å². The van der Waals surface area contributed by atoms with Gasteiger partial charge < -0.3 is 4.74 Å². The topological polar surface area (TPSA) is 44.1 Å². The number of aromatic nitrogens is 2. The maximum atomic E-state index is 12.3. The number of nitrogens with zero attached hydrogens (tertiary/aromatic N) is 2. The molecule has 0 aliphatic carbocycles. The van der Waals surface area contributed by atoms with Gasteiger partial charge in [-0.2, -0.15) is 5.10 Å². The molecule has 5 heteroatoms. The number of para-hydroxylation sites is 1. The van der Waals surface area contributed by atoms with E-state index in [1.54, 1.807) is 10.7 Å². The molecule has 0 fully saturated rings. The fourth-order valence-electron chi connectivity index (χ4n) is 2.25. The second-order valence-electron chi connectivity index (χ2n) is 5.63. The number of benzene rings is 1. The number of esters is 1. The van der Waals surface area contributed by atoms with Crippen molar-refractivity contribution in [2.75, 3.05) is 0 Å². The minimum Gasteiger partial charge on any atom is -0.403 e. The molecule has 0 radical (unpaired) electrons. The second-order valence-corrected chi connectivity index (χ2v) is 6.57. The Hall–Kier alpha value is -2.40. The summed E-state index contributed by atoms with van der Waals surface area (Å²) < 4.78 is 7.31. The van der Waals surface area contributed by atoms with Crippen LogP contribution in [0, 0.1) is 6.92 Å². The van der Waals surface area contributed by atoms with E-state index < -0.39 is 0 Å². The second kappa shape index (κ2) is 6.38. The molecule has 0 N–H and O–H groups in total. The Bertz CT molecular complexity index is 819. The summed E-state index contributed by atoms with van der Waals surface area (Å²) in [4.78, 5) is 12.8. The van der Waals surface area contributed by atoms with Crippen molar-refractivity contribution in [2.24, 2.45) is 0 Å². The first kappa shape index (κ1) is 15.5. The molecule has 3 rings (SSSR count). The third-order valence-corrected chi connectivity index (χ3v) is 4.40. The quantitative estimate of drug-likeness (QED) is 0.659. The van der Waals surface area contributed by atoms with Crippen LogP contribution in [-0.2, 0) is 0 Å². The van der Waals surface area contributed by atoms with Crippen LogP contribution < -0.4 is 4.74 Å². The summed E-state index contributed by atoms with van der Waals surface area (Å²) in [5, 5.41) is 6.47. The van der Waals surface area contributed by atoms with Gasteiger partial charge in [-0.3, -0.25) is 0 Å². The van der Waals surface area contributed by atoms with Crippen molar-refractivity contribution < 1.29 is 9.53 Å². The molecule has 0 unspecified atom stereocenters. The average Bonchev–Trinajstić information content (AvgIpc) is 3.17. The molecule has 2 aromatic heterocycles. The zero-order valence-electron chi connectivity index (χ0n) is 13.3. The predicted molar refractivity (Wildman–Crippen MR) is 91.7 cm³/mol. The smallest absolute Gasteiger partial charge is 0.355 e. The van der Waals surface area contributed by atoms with Crippen molar-refractivity contribution in [2.45, 2.75) is 26.7 Å². The third kappa shape index (κ3) is 3.19. The normalized spacial score (nSPS) is 11.0. The molecule has 0 atom stereocenters. The van der Waals surface area contributed by atoms with Gasteiger partial charge in [-0.05, 0) is 35.9 Å². The number of hydrogen-bond donors (Lipinski definition) is 0. The predicted octanol–water partition coefficient (Wildman–Crippen LogP) is 4.58. The van der Waals surface area contributed by atoms with E-state index in [2.05, 4.69) is 18.9 Å². The van der Waals surface area contributed by atoms with Crippen molar-refractivity contribution in [3.8, 4) is 11.6 Å². The molecule has 0 saturated heterocycles. The van der Waals surface area contributed by atoms with Crippen LogP contribution in [0.15, 0.2) is 47.8 Å². The third-order valence-electron chi connectivity index (χ3n) is 3.55. The molecular weight excluding hydrogens is 308 g/mol.